The predicted molar refractivity (Wildman–Crippen MR) is 85.2 cm³/mol. The number of hydrogen-bond donors (Lipinski definition) is 0. The molecule has 0 spiro atoms. The van der Waals surface area contributed by atoms with E-state index in [0.717, 1.165) is 27.7 Å². The third-order valence-electron chi connectivity index (χ3n) is 3.61. The van der Waals surface area contributed by atoms with Crippen LogP contribution in [0.3, 0.4) is 0 Å². The minimum Gasteiger partial charge on any atom is -0.368 e. The second-order valence-corrected chi connectivity index (χ2v) is 6.49. The van der Waals surface area contributed by atoms with Gasteiger partial charge in [-0.05, 0) is 43.8 Å². The van der Waals surface area contributed by atoms with Crippen molar-refractivity contribution in [2.75, 3.05) is 19.7 Å². The Morgan fingerprint density at radius 3 is 2.82 bits per heavy atom. The number of aromatic nitrogens is 2. The molecule has 0 unspecified atom stereocenters. The molecule has 0 bridgehead atoms. The van der Waals surface area contributed by atoms with Gasteiger partial charge in [0.15, 0.2) is 0 Å². The van der Waals surface area contributed by atoms with E-state index in [0.29, 0.717) is 19.7 Å². The summed E-state index contributed by atoms with van der Waals surface area (Å²) in [5.74, 6) is 0.810. The second-order valence-electron chi connectivity index (χ2n) is 5.58. The number of nitrogens with zero attached hydrogens (tertiary/aromatic N) is 3. The summed E-state index contributed by atoms with van der Waals surface area (Å²) in [5.41, 5.74) is 2.90. The third-order valence-corrected chi connectivity index (χ3v) is 4.65. The van der Waals surface area contributed by atoms with Gasteiger partial charge in [-0.3, -0.25) is 4.79 Å². The van der Waals surface area contributed by atoms with Crippen LogP contribution in [0.4, 0.5) is 0 Å². The number of amides is 1. The van der Waals surface area contributed by atoms with Gasteiger partial charge in [-0.15, -0.1) is 11.3 Å². The van der Waals surface area contributed by atoms with Crippen LogP contribution in [0.15, 0.2) is 17.5 Å². The van der Waals surface area contributed by atoms with Crippen LogP contribution >= 0.6 is 11.3 Å². The van der Waals surface area contributed by atoms with Gasteiger partial charge in [-0.1, -0.05) is 0 Å². The Morgan fingerprint density at radius 1 is 1.32 bits per heavy atom. The van der Waals surface area contributed by atoms with Crippen LogP contribution in [0.25, 0.3) is 0 Å². The van der Waals surface area contributed by atoms with Gasteiger partial charge in [0.05, 0.1) is 23.7 Å². The summed E-state index contributed by atoms with van der Waals surface area (Å²) in [6.45, 7) is 7.50. The standard InChI is InChI=1S/C16H19N3O2S/c1-10-6-15(22-9-10)16(20)19-4-5-21-14(8-19)13-7-11(2)17-12(3)18-13/h6-7,9,14H,4-5,8H2,1-3H3/t14-/m1/s1. The maximum absolute atomic E-state index is 12.6. The molecule has 2 aromatic rings. The molecule has 1 amide bonds. The Bertz CT molecular complexity index is 678. The van der Waals surface area contributed by atoms with E-state index < -0.39 is 0 Å². The van der Waals surface area contributed by atoms with Gasteiger partial charge in [0, 0.05) is 12.2 Å². The fraction of sp³-hybridized carbons (Fsp3) is 0.438. The van der Waals surface area contributed by atoms with Gasteiger partial charge in [-0.25, -0.2) is 9.97 Å². The number of aryl methyl sites for hydroxylation is 3. The van der Waals surface area contributed by atoms with E-state index in [9.17, 15) is 4.79 Å². The molecule has 0 radical (unpaired) electrons. The fourth-order valence-corrected chi connectivity index (χ4v) is 3.49. The zero-order valence-corrected chi connectivity index (χ0v) is 13.8. The van der Waals surface area contributed by atoms with Gasteiger partial charge in [0.2, 0.25) is 0 Å². The van der Waals surface area contributed by atoms with E-state index in [1.807, 2.05) is 43.2 Å². The van der Waals surface area contributed by atoms with Crippen LogP contribution in [0.2, 0.25) is 0 Å². The highest BCUT2D eigenvalue weighted by molar-refractivity contribution is 7.12. The normalized spacial score (nSPS) is 18.5. The summed E-state index contributed by atoms with van der Waals surface area (Å²) in [6.07, 6.45) is -0.181. The number of hydrogen-bond acceptors (Lipinski definition) is 5. The van der Waals surface area contributed by atoms with Crippen molar-refractivity contribution in [3.8, 4) is 0 Å². The highest BCUT2D eigenvalue weighted by Gasteiger charge is 2.27. The van der Waals surface area contributed by atoms with E-state index >= 15 is 0 Å². The van der Waals surface area contributed by atoms with Crippen LogP contribution < -0.4 is 0 Å². The first-order valence-corrected chi connectivity index (χ1v) is 8.19. The summed E-state index contributed by atoms with van der Waals surface area (Å²) in [6, 6.07) is 3.87. The Morgan fingerprint density at radius 2 is 2.14 bits per heavy atom. The number of carbonyl (C=O) groups is 1. The largest absolute Gasteiger partial charge is 0.368 e. The highest BCUT2D eigenvalue weighted by Crippen LogP contribution is 2.24. The Balaban J connectivity index is 1.78. The molecule has 22 heavy (non-hydrogen) atoms. The van der Waals surface area contributed by atoms with E-state index in [1.165, 1.54) is 11.3 Å². The molecule has 0 saturated carbocycles. The number of rotatable bonds is 2. The number of carbonyl (C=O) groups excluding carboxylic acids is 1. The molecule has 0 aromatic carbocycles. The molecule has 1 aliphatic heterocycles. The Hall–Kier alpha value is -1.79. The van der Waals surface area contributed by atoms with Gasteiger partial charge >= 0.3 is 0 Å². The SMILES string of the molecule is Cc1csc(C(=O)N2CCO[C@@H](c3cc(C)nc(C)n3)C2)c1. The molecule has 116 valence electrons. The quantitative estimate of drug-likeness (QED) is 0.854. The van der Waals surface area contributed by atoms with Crippen molar-refractivity contribution >= 4 is 17.2 Å². The van der Waals surface area contributed by atoms with Crippen LogP contribution in [-0.4, -0.2) is 40.5 Å². The zero-order chi connectivity index (χ0) is 15.7. The first-order chi connectivity index (χ1) is 10.5. The van der Waals surface area contributed by atoms with Crippen molar-refractivity contribution in [3.05, 3.63) is 45.2 Å². The van der Waals surface area contributed by atoms with Crippen molar-refractivity contribution in [2.45, 2.75) is 26.9 Å². The first kappa shape index (κ1) is 15.1. The first-order valence-electron chi connectivity index (χ1n) is 7.31. The van der Waals surface area contributed by atoms with Crippen molar-refractivity contribution in [1.82, 2.24) is 14.9 Å². The molecule has 6 heteroatoms. The maximum Gasteiger partial charge on any atom is 0.264 e. The lowest BCUT2D eigenvalue weighted by Crippen LogP contribution is -2.42. The van der Waals surface area contributed by atoms with Gasteiger partial charge < -0.3 is 9.64 Å². The van der Waals surface area contributed by atoms with E-state index in [-0.39, 0.29) is 12.0 Å². The van der Waals surface area contributed by atoms with Crippen LogP contribution in [0.1, 0.15) is 38.6 Å². The number of thiophene rings is 1. The average molecular weight is 317 g/mol. The lowest BCUT2D eigenvalue weighted by molar-refractivity contribution is -0.0247. The Labute approximate surface area is 134 Å². The van der Waals surface area contributed by atoms with Gasteiger partial charge in [0.25, 0.3) is 5.91 Å². The molecule has 5 nitrogen and oxygen atoms in total. The molecule has 0 N–H and O–H groups in total. The van der Waals surface area contributed by atoms with Crippen LogP contribution in [0, 0.1) is 20.8 Å². The molecular formula is C16H19N3O2S. The van der Waals surface area contributed by atoms with Crippen molar-refractivity contribution < 1.29 is 9.53 Å². The van der Waals surface area contributed by atoms with E-state index in [1.54, 1.807) is 0 Å². The van der Waals surface area contributed by atoms with Crippen LogP contribution in [0.5, 0.6) is 0 Å². The molecule has 1 aliphatic rings. The summed E-state index contributed by atoms with van der Waals surface area (Å²) in [5, 5.41) is 2.00. The number of morpholine rings is 1. The predicted octanol–water partition coefficient (Wildman–Crippen LogP) is 2.68. The third kappa shape index (κ3) is 3.18. The van der Waals surface area contributed by atoms with Gasteiger partial charge in [-0.2, -0.15) is 0 Å². The second kappa shape index (κ2) is 6.14. The monoisotopic (exact) mass is 317 g/mol. The minimum atomic E-state index is -0.181. The fourth-order valence-electron chi connectivity index (χ4n) is 2.62. The molecule has 2 aromatic heterocycles. The zero-order valence-electron chi connectivity index (χ0n) is 13.0. The molecule has 3 heterocycles. The topological polar surface area (TPSA) is 55.3 Å². The number of ether oxygens (including phenoxy) is 1. The molecule has 3 rings (SSSR count). The molecular weight excluding hydrogens is 298 g/mol. The summed E-state index contributed by atoms with van der Waals surface area (Å²) < 4.78 is 5.81. The summed E-state index contributed by atoms with van der Waals surface area (Å²) in [4.78, 5) is 24.0. The highest BCUT2D eigenvalue weighted by atomic mass is 32.1. The smallest absolute Gasteiger partial charge is 0.264 e. The summed E-state index contributed by atoms with van der Waals surface area (Å²) in [7, 11) is 0. The molecule has 1 saturated heterocycles. The molecule has 1 atom stereocenters. The van der Waals surface area contributed by atoms with E-state index in [2.05, 4.69) is 9.97 Å². The molecule has 1 fully saturated rings. The lowest BCUT2D eigenvalue weighted by atomic mass is 10.1. The van der Waals surface area contributed by atoms with E-state index in [4.69, 9.17) is 4.74 Å². The maximum atomic E-state index is 12.6. The van der Waals surface area contributed by atoms with Crippen molar-refractivity contribution in [1.29, 1.82) is 0 Å². The average Bonchev–Trinajstić information content (AvgIpc) is 2.92. The molecule has 0 aliphatic carbocycles. The summed E-state index contributed by atoms with van der Waals surface area (Å²) >= 11 is 1.50. The minimum absolute atomic E-state index is 0.0777. The van der Waals surface area contributed by atoms with Crippen LogP contribution in [-0.2, 0) is 4.74 Å². The van der Waals surface area contributed by atoms with Crippen molar-refractivity contribution in [2.24, 2.45) is 0 Å². The van der Waals surface area contributed by atoms with Crippen molar-refractivity contribution in [3.63, 3.8) is 0 Å². The lowest BCUT2D eigenvalue weighted by Gasteiger charge is -2.32. The Kier molecular flexibility index (Phi) is 4.22. The van der Waals surface area contributed by atoms with Gasteiger partial charge in [0.1, 0.15) is 11.9 Å².